The molecule has 4 aromatic rings. The van der Waals surface area contributed by atoms with Crippen molar-refractivity contribution < 1.29 is 4.39 Å². The van der Waals surface area contributed by atoms with Crippen LogP contribution in [0.4, 0.5) is 4.39 Å². The van der Waals surface area contributed by atoms with Crippen LogP contribution in [0.1, 0.15) is 11.3 Å². The maximum absolute atomic E-state index is 14.1. The topological polar surface area (TPSA) is 34.3 Å². The summed E-state index contributed by atoms with van der Waals surface area (Å²) < 4.78 is 18.3. The summed E-state index contributed by atoms with van der Waals surface area (Å²) in [6, 6.07) is 11.1. The molecule has 0 fully saturated rings. The Balaban J connectivity index is 1.74. The van der Waals surface area contributed by atoms with Crippen molar-refractivity contribution in [2.75, 3.05) is 6.54 Å². The number of hydrogen-bond donors (Lipinski definition) is 1. The van der Waals surface area contributed by atoms with Gasteiger partial charge in [0.25, 0.3) is 0 Å². The molecule has 5 heteroatoms. The van der Waals surface area contributed by atoms with Crippen LogP contribution in [0.25, 0.3) is 34.0 Å². The van der Waals surface area contributed by atoms with Gasteiger partial charge < -0.3 is 14.3 Å². The van der Waals surface area contributed by atoms with Gasteiger partial charge in [-0.1, -0.05) is 18.7 Å². The Hall–Kier alpha value is -3.60. The van der Waals surface area contributed by atoms with E-state index < -0.39 is 0 Å². The minimum atomic E-state index is -0.235. The lowest BCUT2D eigenvalue weighted by atomic mass is 10.2. The maximum atomic E-state index is 14.1. The number of hydrogen-bond acceptors (Lipinski definition) is 2. The highest BCUT2D eigenvalue weighted by Crippen LogP contribution is 2.32. The van der Waals surface area contributed by atoms with Gasteiger partial charge in [-0.2, -0.15) is 0 Å². The highest BCUT2D eigenvalue weighted by atomic mass is 19.1. The molecule has 0 saturated carbocycles. The lowest BCUT2D eigenvalue weighted by molar-refractivity contribution is 0.628. The van der Waals surface area contributed by atoms with Gasteiger partial charge in [0, 0.05) is 30.4 Å². The number of aryl methyl sites for hydroxylation is 1. The van der Waals surface area contributed by atoms with Gasteiger partial charge in [0.1, 0.15) is 17.2 Å². The third-order valence-electron chi connectivity index (χ3n) is 5.47. The predicted molar refractivity (Wildman–Crippen MR) is 116 cm³/mol. The first-order valence-corrected chi connectivity index (χ1v) is 9.62. The van der Waals surface area contributed by atoms with E-state index in [0.29, 0.717) is 6.54 Å². The Morgan fingerprint density at radius 3 is 2.93 bits per heavy atom. The Kier molecular flexibility index (Phi) is 4.09. The Bertz CT molecular complexity index is 1320. The number of imidazole rings is 1. The zero-order valence-corrected chi connectivity index (χ0v) is 16.2. The highest BCUT2D eigenvalue weighted by molar-refractivity contribution is 5.87. The molecule has 1 N–H and O–H groups in total. The summed E-state index contributed by atoms with van der Waals surface area (Å²) in [6.45, 7) is 7.36. The molecule has 5 rings (SSSR count). The van der Waals surface area contributed by atoms with Crippen LogP contribution in [0.2, 0.25) is 0 Å². The summed E-state index contributed by atoms with van der Waals surface area (Å²) in [4.78, 5) is 4.91. The van der Waals surface area contributed by atoms with Crippen molar-refractivity contribution in [3.8, 4) is 11.4 Å². The Morgan fingerprint density at radius 1 is 1.24 bits per heavy atom. The first-order chi connectivity index (χ1) is 14.1. The smallest absolute Gasteiger partial charge is 0.138 e. The van der Waals surface area contributed by atoms with E-state index in [-0.39, 0.29) is 5.82 Å². The van der Waals surface area contributed by atoms with Crippen LogP contribution in [0.5, 0.6) is 0 Å². The van der Waals surface area contributed by atoms with E-state index in [1.807, 2.05) is 42.7 Å². The molecule has 3 aromatic heterocycles. The monoisotopic (exact) mass is 384 g/mol. The van der Waals surface area contributed by atoms with Crippen molar-refractivity contribution >= 4 is 22.6 Å². The lowest BCUT2D eigenvalue weighted by Gasteiger charge is -2.15. The van der Waals surface area contributed by atoms with Crippen molar-refractivity contribution in [1.82, 2.24) is 19.3 Å². The van der Waals surface area contributed by atoms with Gasteiger partial charge in [-0.3, -0.25) is 0 Å². The van der Waals surface area contributed by atoms with Crippen LogP contribution in [-0.2, 0) is 6.54 Å². The molecule has 4 heterocycles. The number of benzene rings is 1. The molecular formula is C24H21FN4. The Labute approximate surface area is 168 Å². The van der Waals surface area contributed by atoms with Gasteiger partial charge in [0.05, 0.1) is 11.2 Å². The maximum Gasteiger partial charge on any atom is 0.138 e. The van der Waals surface area contributed by atoms with Gasteiger partial charge in [0.2, 0.25) is 0 Å². The SMILES string of the molecule is C=Cc1ccn2c(C)c(-c3cc4ccc(F)cc4n3CC3=CC=CNC3)nc2c1. The normalized spacial score (nSPS) is 13.7. The predicted octanol–water partition coefficient (Wildman–Crippen LogP) is 5.09. The standard InChI is InChI=1S/C24H21FN4/c1-3-17-8-10-28-16(2)24(27-23(28)11-17)22-12-19-6-7-20(25)13-21(19)29(22)15-18-5-4-9-26-14-18/h3-13,26H,1,14-15H2,2H3. The fraction of sp³-hybridized carbons (Fsp3) is 0.125. The average molecular weight is 384 g/mol. The number of rotatable bonds is 4. The third-order valence-corrected chi connectivity index (χ3v) is 5.47. The molecule has 0 amide bonds. The first kappa shape index (κ1) is 17.5. The first-order valence-electron chi connectivity index (χ1n) is 9.62. The molecule has 4 nitrogen and oxygen atoms in total. The van der Waals surface area contributed by atoms with E-state index in [1.54, 1.807) is 6.07 Å². The van der Waals surface area contributed by atoms with Crippen molar-refractivity contribution in [3.05, 3.63) is 90.2 Å². The second kappa shape index (κ2) is 6.78. The quantitative estimate of drug-likeness (QED) is 0.532. The van der Waals surface area contributed by atoms with Crippen LogP contribution in [0, 0.1) is 12.7 Å². The molecule has 0 spiro atoms. The molecule has 0 radical (unpaired) electrons. The van der Waals surface area contributed by atoms with Gasteiger partial charge in [-0.05, 0) is 66.7 Å². The van der Waals surface area contributed by atoms with Crippen molar-refractivity contribution in [2.24, 2.45) is 0 Å². The fourth-order valence-corrected chi connectivity index (χ4v) is 3.96. The van der Waals surface area contributed by atoms with Gasteiger partial charge >= 0.3 is 0 Å². The minimum absolute atomic E-state index is 0.235. The number of pyridine rings is 1. The van der Waals surface area contributed by atoms with E-state index in [9.17, 15) is 4.39 Å². The van der Waals surface area contributed by atoms with E-state index in [4.69, 9.17) is 4.98 Å². The minimum Gasteiger partial charge on any atom is -0.387 e. The molecule has 0 bridgehead atoms. The van der Waals surface area contributed by atoms with Gasteiger partial charge in [-0.25, -0.2) is 9.37 Å². The van der Waals surface area contributed by atoms with Crippen LogP contribution < -0.4 is 5.32 Å². The number of dihydropyridines is 1. The molecule has 1 aromatic carbocycles. The van der Waals surface area contributed by atoms with E-state index >= 15 is 0 Å². The lowest BCUT2D eigenvalue weighted by Crippen LogP contribution is -2.17. The summed E-state index contributed by atoms with van der Waals surface area (Å²) >= 11 is 0. The van der Waals surface area contributed by atoms with Crippen molar-refractivity contribution in [2.45, 2.75) is 13.5 Å². The summed E-state index contributed by atoms with van der Waals surface area (Å²) in [5, 5.41) is 4.25. The average Bonchev–Trinajstić information content (AvgIpc) is 3.26. The molecule has 144 valence electrons. The molecule has 1 aliphatic heterocycles. The summed E-state index contributed by atoms with van der Waals surface area (Å²) in [7, 11) is 0. The second-order valence-corrected chi connectivity index (χ2v) is 7.32. The molecule has 1 aliphatic rings. The zero-order valence-electron chi connectivity index (χ0n) is 16.2. The van der Waals surface area contributed by atoms with Crippen LogP contribution >= 0.6 is 0 Å². The largest absolute Gasteiger partial charge is 0.387 e. The molecule has 0 atom stereocenters. The van der Waals surface area contributed by atoms with E-state index in [2.05, 4.69) is 39.9 Å². The number of nitrogens with zero attached hydrogens (tertiary/aromatic N) is 3. The molecule has 0 unspecified atom stereocenters. The van der Waals surface area contributed by atoms with E-state index in [1.165, 1.54) is 11.6 Å². The fourth-order valence-electron chi connectivity index (χ4n) is 3.96. The summed E-state index contributed by atoms with van der Waals surface area (Å²) in [5.41, 5.74) is 6.95. The molecule has 0 aliphatic carbocycles. The van der Waals surface area contributed by atoms with Gasteiger partial charge in [0.15, 0.2) is 0 Å². The third kappa shape index (κ3) is 2.95. The second-order valence-electron chi connectivity index (χ2n) is 7.32. The molecule has 0 saturated heterocycles. The van der Waals surface area contributed by atoms with E-state index in [0.717, 1.165) is 45.7 Å². The number of nitrogens with one attached hydrogen (secondary N) is 1. The number of allylic oxidation sites excluding steroid dienone is 2. The van der Waals surface area contributed by atoms with Crippen LogP contribution in [0.15, 0.2) is 73.1 Å². The van der Waals surface area contributed by atoms with Crippen molar-refractivity contribution in [1.29, 1.82) is 0 Å². The Morgan fingerprint density at radius 2 is 2.14 bits per heavy atom. The zero-order chi connectivity index (χ0) is 20.0. The van der Waals surface area contributed by atoms with Crippen molar-refractivity contribution in [3.63, 3.8) is 0 Å². The molecule has 29 heavy (non-hydrogen) atoms. The van der Waals surface area contributed by atoms with Crippen LogP contribution in [0.3, 0.4) is 0 Å². The highest BCUT2D eigenvalue weighted by Gasteiger charge is 2.18. The van der Waals surface area contributed by atoms with Crippen LogP contribution in [-0.4, -0.2) is 20.5 Å². The molecular weight excluding hydrogens is 363 g/mol. The van der Waals surface area contributed by atoms with Gasteiger partial charge in [-0.15, -0.1) is 0 Å². The number of aromatic nitrogens is 3. The summed E-state index contributed by atoms with van der Waals surface area (Å²) in [6.07, 6.45) is 9.88. The summed E-state index contributed by atoms with van der Waals surface area (Å²) in [5.74, 6) is -0.235. The number of fused-ring (bicyclic) bond motifs is 2. The number of halogens is 1.